The number of hydrogen-bond donors (Lipinski definition) is 2. The van der Waals surface area contributed by atoms with Gasteiger partial charge in [0.25, 0.3) is 0 Å². The third-order valence-corrected chi connectivity index (χ3v) is 4.92. The Kier molecular flexibility index (Phi) is 5.00. The molecule has 0 amide bonds. The second-order valence-corrected chi connectivity index (χ2v) is 6.76. The fourth-order valence-electron chi connectivity index (χ4n) is 1.91. The van der Waals surface area contributed by atoms with E-state index in [4.69, 9.17) is 16.7 Å². The molecule has 0 radical (unpaired) electrons. The smallest absolute Gasteiger partial charge is 0.242 e. The first kappa shape index (κ1) is 16.0. The molecular formula is C13H16ClN3O3S. The van der Waals surface area contributed by atoms with Crippen LogP contribution in [0.1, 0.15) is 12.5 Å². The zero-order chi connectivity index (χ0) is 15.5. The van der Waals surface area contributed by atoms with E-state index in [1.165, 1.54) is 12.1 Å². The van der Waals surface area contributed by atoms with E-state index in [1.54, 1.807) is 36.1 Å². The maximum absolute atomic E-state index is 12.4. The zero-order valence-electron chi connectivity index (χ0n) is 11.4. The van der Waals surface area contributed by atoms with Crippen LogP contribution in [0.3, 0.4) is 0 Å². The lowest BCUT2D eigenvalue weighted by Crippen LogP contribution is -2.36. The average Bonchev–Trinajstić information content (AvgIpc) is 2.91. The van der Waals surface area contributed by atoms with Gasteiger partial charge in [0.15, 0.2) is 0 Å². The Bertz CT molecular complexity index is 701. The minimum Gasteiger partial charge on any atom is -0.392 e. The number of aliphatic hydroxyl groups is 1. The Morgan fingerprint density at radius 3 is 2.86 bits per heavy atom. The van der Waals surface area contributed by atoms with Crippen LogP contribution in [0.5, 0.6) is 0 Å². The van der Waals surface area contributed by atoms with Gasteiger partial charge in [0.05, 0.1) is 18.2 Å². The zero-order valence-corrected chi connectivity index (χ0v) is 13.0. The van der Waals surface area contributed by atoms with Gasteiger partial charge in [0.2, 0.25) is 10.0 Å². The molecule has 0 bridgehead atoms. The Labute approximate surface area is 128 Å². The summed E-state index contributed by atoms with van der Waals surface area (Å²) in [7, 11) is -3.76. The highest BCUT2D eigenvalue weighted by Gasteiger charge is 2.21. The van der Waals surface area contributed by atoms with Gasteiger partial charge in [-0.2, -0.15) is 5.10 Å². The Morgan fingerprint density at radius 1 is 1.48 bits per heavy atom. The monoisotopic (exact) mass is 329 g/mol. The molecule has 21 heavy (non-hydrogen) atoms. The van der Waals surface area contributed by atoms with Crippen molar-refractivity contribution < 1.29 is 13.5 Å². The van der Waals surface area contributed by atoms with Crippen LogP contribution in [0.2, 0.25) is 5.02 Å². The molecule has 1 atom stereocenters. The molecule has 1 heterocycles. The molecule has 0 saturated heterocycles. The molecule has 8 heteroatoms. The Balaban J connectivity index is 2.18. The molecule has 0 fully saturated rings. The van der Waals surface area contributed by atoms with Crippen molar-refractivity contribution in [3.63, 3.8) is 0 Å². The summed E-state index contributed by atoms with van der Waals surface area (Å²) in [5, 5.41) is 13.2. The van der Waals surface area contributed by atoms with Crippen molar-refractivity contribution in [2.24, 2.45) is 0 Å². The molecule has 0 aliphatic carbocycles. The van der Waals surface area contributed by atoms with E-state index in [2.05, 4.69) is 9.82 Å². The molecule has 6 nitrogen and oxygen atoms in total. The number of nitrogens with zero attached hydrogens (tertiary/aromatic N) is 2. The normalized spacial score (nSPS) is 13.3. The average molecular weight is 330 g/mol. The maximum Gasteiger partial charge on any atom is 0.242 e. The second-order valence-electron chi connectivity index (χ2n) is 4.67. The van der Waals surface area contributed by atoms with E-state index < -0.39 is 10.0 Å². The third kappa shape index (κ3) is 4.04. The van der Waals surface area contributed by atoms with Crippen LogP contribution in [0.15, 0.2) is 41.6 Å². The molecule has 1 aromatic heterocycles. The van der Waals surface area contributed by atoms with Crippen molar-refractivity contribution in [2.75, 3.05) is 0 Å². The quantitative estimate of drug-likeness (QED) is 0.839. The first-order valence-corrected chi connectivity index (χ1v) is 8.17. The van der Waals surface area contributed by atoms with Gasteiger partial charge in [0.1, 0.15) is 4.90 Å². The fraction of sp³-hybridized carbons (Fsp3) is 0.308. The number of sulfonamides is 1. The van der Waals surface area contributed by atoms with E-state index >= 15 is 0 Å². The molecule has 0 spiro atoms. The summed E-state index contributed by atoms with van der Waals surface area (Å²) < 4.78 is 28.9. The second kappa shape index (κ2) is 6.57. The van der Waals surface area contributed by atoms with E-state index in [1.807, 2.05) is 0 Å². The Hall–Kier alpha value is -1.41. The summed E-state index contributed by atoms with van der Waals surface area (Å²) in [4.78, 5) is -0.0389. The molecule has 2 aromatic rings. The lowest BCUT2D eigenvalue weighted by Gasteiger charge is -2.15. The van der Waals surface area contributed by atoms with E-state index in [9.17, 15) is 8.42 Å². The van der Waals surface area contributed by atoms with Gasteiger partial charge in [0, 0.05) is 18.4 Å². The standard InChI is InChI=1S/C13H16ClN3O3S/c1-10(8-17-6-2-5-15-17)16-21(19,20)13-7-11(9-18)3-4-12(13)14/h2-7,10,16,18H,8-9H2,1H3. The number of benzene rings is 1. The van der Waals surface area contributed by atoms with Crippen LogP contribution < -0.4 is 4.72 Å². The first-order chi connectivity index (χ1) is 9.92. The van der Waals surface area contributed by atoms with Gasteiger partial charge < -0.3 is 5.11 Å². The van der Waals surface area contributed by atoms with Crippen molar-refractivity contribution >= 4 is 21.6 Å². The lowest BCUT2D eigenvalue weighted by atomic mass is 10.2. The van der Waals surface area contributed by atoms with Gasteiger partial charge in [-0.3, -0.25) is 4.68 Å². The van der Waals surface area contributed by atoms with Crippen LogP contribution in [-0.2, 0) is 23.2 Å². The number of aliphatic hydroxyl groups excluding tert-OH is 1. The molecule has 0 aliphatic rings. The predicted molar refractivity (Wildman–Crippen MR) is 79.4 cm³/mol. The van der Waals surface area contributed by atoms with Gasteiger partial charge in [-0.25, -0.2) is 13.1 Å². The van der Waals surface area contributed by atoms with E-state index in [-0.39, 0.29) is 22.6 Å². The number of nitrogens with one attached hydrogen (secondary N) is 1. The molecule has 0 saturated carbocycles. The largest absolute Gasteiger partial charge is 0.392 e. The van der Waals surface area contributed by atoms with Gasteiger partial charge in [-0.05, 0) is 30.7 Å². The van der Waals surface area contributed by atoms with E-state index in [0.29, 0.717) is 12.1 Å². The van der Waals surface area contributed by atoms with Crippen molar-refractivity contribution in [3.05, 3.63) is 47.2 Å². The first-order valence-electron chi connectivity index (χ1n) is 6.31. The van der Waals surface area contributed by atoms with Crippen LogP contribution in [0.25, 0.3) is 0 Å². The van der Waals surface area contributed by atoms with Crippen LogP contribution in [0.4, 0.5) is 0 Å². The van der Waals surface area contributed by atoms with Crippen molar-refractivity contribution in [1.82, 2.24) is 14.5 Å². The van der Waals surface area contributed by atoms with Crippen molar-refractivity contribution in [2.45, 2.75) is 31.0 Å². The third-order valence-electron chi connectivity index (χ3n) is 2.84. The number of aromatic nitrogens is 2. The molecule has 114 valence electrons. The van der Waals surface area contributed by atoms with E-state index in [0.717, 1.165) is 0 Å². The summed E-state index contributed by atoms with van der Waals surface area (Å²) >= 11 is 5.95. The van der Waals surface area contributed by atoms with Gasteiger partial charge in [-0.15, -0.1) is 0 Å². The summed E-state index contributed by atoms with van der Waals surface area (Å²) in [6.45, 7) is 1.90. The lowest BCUT2D eigenvalue weighted by molar-refractivity contribution is 0.281. The minimum atomic E-state index is -3.76. The maximum atomic E-state index is 12.4. The molecule has 1 aromatic carbocycles. The van der Waals surface area contributed by atoms with Crippen molar-refractivity contribution in [3.8, 4) is 0 Å². The summed E-state index contributed by atoms with van der Waals surface area (Å²) in [6, 6.07) is 5.81. The summed E-state index contributed by atoms with van der Waals surface area (Å²) in [5.74, 6) is 0. The Morgan fingerprint density at radius 2 is 2.24 bits per heavy atom. The number of hydrogen-bond acceptors (Lipinski definition) is 4. The fourth-order valence-corrected chi connectivity index (χ4v) is 3.69. The molecule has 0 aliphatic heterocycles. The summed E-state index contributed by atoms with van der Waals surface area (Å²) in [6.07, 6.45) is 3.38. The van der Waals surface area contributed by atoms with Crippen molar-refractivity contribution in [1.29, 1.82) is 0 Å². The van der Waals surface area contributed by atoms with Crippen LogP contribution >= 0.6 is 11.6 Å². The van der Waals surface area contributed by atoms with Crippen LogP contribution in [-0.4, -0.2) is 29.3 Å². The minimum absolute atomic E-state index is 0.0389. The molecular weight excluding hydrogens is 314 g/mol. The highest BCUT2D eigenvalue weighted by molar-refractivity contribution is 7.89. The predicted octanol–water partition coefficient (Wildman–Crippen LogP) is 1.40. The highest BCUT2D eigenvalue weighted by atomic mass is 35.5. The van der Waals surface area contributed by atoms with Crippen LogP contribution in [0, 0.1) is 0 Å². The number of halogens is 1. The van der Waals surface area contributed by atoms with Gasteiger partial charge in [-0.1, -0.05) is 17.7 Å². The highest BCUT2D eigenvalue weighted by Crippen LogP contribution is 2.23. The SMILES string of the molecule is CC(Cn1cccn1)NS(=O)(=O)c1cc(CO)ccc1Cl. The summed E-state index contributed by atoms with van der Waals surface area (Å²) in [5.41, 5.74) is 0.486. The topological polar surface area (TPSA) is 84.2 Å². The number of rotatable bonds is 6. The molecule has 1 unspecified atom stereocenters. The molecule has 2 rings (SSSR count). The van der Waals surface area contributed by atoms with Gasteiger partial charge >= 0.3 is 0 Å². The molecule has 2 N–H and O–H groups in total.